The third-order valence-electron chi connectivity index (χ3n) is 6.92. The number of aromatic nitrogens is 6. The predicted octanol–water partition coefficient (Wildman–Crippen LogP) is 1.17. The van der Waals surface area contributed by atoms with Crippen molar-refractivity contribution < 1.29 is 21.6 Å². The molecular weight excluding hydrogens is 584 g/mol. The van der Waals surface area contributed by atoms with Crippen LogP contribution in [0.1, 0.15) is 19.3 Å². The van der Waals surface area contributed by atoms with E-state index in [9.17, 15) is 21.6 Å². The molecule has 1 aliphatic rings. The summed E-state index contributed by atoms with van der Waals surface area (Å²) in [6, 6.07) is 12.2. The average Bonchev–Trinajstić information content (AvgIpc) is 3.48. The van der Waals surface area contributed by atoms with E-state index >= 15 is 0 Å². The molecule has 224 valence electrons. The summed E-state index contributed by atoms with van der Waals surface area (Å²) >= 11 is 0. The monoisotopic (exact) mass is 616 g/mol. The quantitative estimate of drug-likeness (QED) is 0.227. The number of fused-ring (bicyclic) bond motifs is 1. The van der Waals surface area contributed by atoms with Crippen LogP contribution in [0, 0.1) is 0 Å². The van der Waals surface area contributed by atoms with E-state index in [4.69, 9.17) is 4.74 Å². The molecule has 1 aromatic carbocycles. The molecular formula is C26H32N8O6S2. The lowest BCUT2D eigenvalue weighted by atomic mass is 10.1. The van der Waals surface area contributed by atoms with Crippen LogP contribution in [-0.4, -0.2) is 94.2 Å². The van der Waals surface area contributed by atoms with E-state index in [1.54, 1.807) is 24.4 Å². The zero-order valence-corrected chi connectivity index (χ0v) is 24.7. The third kappa shape index (κ3) is 7.18. The second-order valence-electron chi connectivity index (χ2n) is 9.97. The molecule has 0 spiro atoms. The molecule has 42 heavy (non-hydrogen) atoms. The highest BCUT2D eigenvalue weighted by molar-refractivity contribution is 7.89. The van der Waals surface area contributed by atoms with Gasteiger partial charge in [0.15, 0.2) is 5.82 Å². The van der Waals surface area contributed by atoms with Crippen molar-refractivity contribution in [3.63, 3.8) is 0 Å². The van der Waals surface area contributed by atoms with Gasteiger partial charge in [-0.2, -0.15) is 4.98 Å². The Labute approximate surface area is 243 Å². The van der Waals surface area contributed by atoms with E-state index in [1.165, 1.54) is 27.5 Å². The average molecular weight is 617 g/mol. The first-order valence-electron chi connectivity index (χ1n) is 13.5. The van der Waals surface area contributed by atoms with Crippen LogP contribution in [0.4, 0.5) is 5.95 Å². The van der Waals surface area contributed by atoms with Crippen molar-refractivity contribution in [3.8, 4) is 11.4 Å². The summed E-state index contributed by atoms with van der Waals surface area (Å²) in [4.78, 5) is 25.7. The van der Waals surface area contributed by atoms with Crippen molar-refractivity contribution in [3.05, 3.63) is 65.3 Å². The van der Waals surface area contributed by atoms with Gasteiger partial charge in [0.05, 0.1) is 25.2 Å². The summed E-state index contributed by atoms with van der Waals surface area (Å²) in [5, 5.41) is 8.03. The molecule has 4 aromatic rings. The summed E-state index contributed by atoms with van der Waals surface area (Å²) in [5.74, 6) is 0.509. The van der Waals surface area contributed by atoms with Gasteiger partial charge < -0.3 is 10.1 Å². The minimum absolute atomic E-state index is 0.00592. The van der Waals surface area contributed by atoms with Crippen molar-refractivity contribution in [1.29, 1.82) is 0 Å². The number of nitrogens with zero attached hydrogens (tertiary/aromatic N) is 7. The Morgan fingerprint density at radius 2 is 1.76 bits per heavy atom. The summed E-state index contributed by atoms with van der Waals surface area (Å²) in [6.45, 7) is 1.40. The Kier molecular flexibility index (Phi) is 8.96. The summed E-state index contributed by atoms with van der Waals surface area (Å²) in [6.07, 6.45) is 5.50. The fourth-order valence-corrected chi connectivity index (χ4v) is 6.61. The number of rotatable bonds is 12. The van der Waals surface area contributed by atoms with E-state index in [0.29, 0.717) is 48.7 Å². The fraction of sp³-hybridized carbons (Fsp3) is 0.423. The maximum atomic E-state index is 12.7. The zero-order chi connectivity index (χ0) is 29.7. The largest absolute Gasteiger partial charge is 0.380 e. The standard InChI is InChI=1S/C26H32N8O6S2/c1-41(36,37)32-12-10-22(11-13-32)29-26-27-18-21-8-9-23(35)33(25(21)30-26)14-16-40-15-5-17-42(38,39)34-19-28-24(31-34)20-6-3-2-4-7-20/h2-4,6-9,18-19,22H,5,10-17H2,1H3,(H,27,29,30). The number of piperidine rings is 1. The number of pyridine rings is 1. The summed E-state index contributed by atoms with van der Waals surface area (Å²) in [7, 11) is -6.92. The van der Waals surface area contributed by atoms with Gasteiger partial charge >= 0.3 is 0 Å². The van der Waals surface area contributed by atoms with Crippen molar-refractivity contribution >= 4 is 37.0 Å². The Morgan fingerprint density at radius 3 is 2.50 bits per heavy atom. The van der Waals surface area contributed by atoms with Gasteiger partial charge in [0.1, 0.15) is 12.0 Å². The molecule has 1 aliphatic heterocycles. The molecule has 14 nitrogen and oxygen atoms in total. The van der Waals surface area contributed by atoms with Gasteiger partial charge in [-0.05, 0) is 25.3 Å². The molecule has 0 radical (unpaired) electrons. The molecule has 0 saturated carbocycles. The second-order valence-corrected chi connectivity index (χ2v) is 13.9. The van der Waals surface area contributed by atoms with Crippen LogP contribution in [-0.2, 0) is 31.3 Å². The van der Waals surface area contributed by atoms with Gasteiger partial charge in [-0.25, -0.2) is 31.1 Å². The number of hydrogen-bond donors (Lipinski definition) is 1. The third-order valence-corrected chi connectivity index (χ3v) is 9.77. The molecule has 3 aromatic heterocycles. The van der Waals surface area contributed by atoms with Crippen LogP contribution >= 0.6 is 0 Å². The zero-order valence-electron chi connectivity index (χ0n) is 23.0. The Hall–Kier alpha value is -3.73. The molecule has 4 heterocycles. The van der Waals surface area contributed by atoms with Gasteiger partial charge in [-0.15, -0.1) is 9.19 Å². The van der Waals surface area contributed by atoms with E-state index in [-0.39, 0.29) is 43.5 Å². The number of nitrogens with one attached hydrogen (secondary N) is 1. The normalized spacial score (nSPS) is 15.3. The van der Waals surface area contributed by atoms with Crippen LogP contribution in [0.15, 0.2) is 59.8 Å². The first-order valence-corrected chi connectivity index (χ1v) is 16.9. The molecule has 1 N–H and O–H groups in total. The molecule has 0 bridgehead atoms. The van der Waals surface area contributed by atoms with E-state index in [2.05, 4.69) is 25.4 Å². The van der Waals surface area contributed by atoms with Gasteiger partial charge in [-0.3, -0.25) is 9.36 Å². The number of sulfonamides is 1. The topological polar surface area (TPSA) is 171 Å². The van der Waals surface area contributed by atoms with Crippen LogP contribution in [0.25, 0.3) is 22.4 Å². The Bertz CT molecular complexity index is 1800. The second kappa shape index (κ2) is 12.6. The lowest BCUT2D eigenvalue weighted by Gasteiger charge is -2.30. The predicted molar refractivity (Wildman–Crippen MR) is 157 cm³/mol. The SMILES string of the molecule is CS(=O)(=O)N1CCC(Nc2ncc3ccc(=O)n(CCOCCCS(=O)(=O)n4cnc(-c5ccccc5)n4)c3n2)CC1. The minimum Gasteiger partial charge on any atom is -0.380 e. The van der Waals surface area contributed by atoms with Crippen molar-refractivity contribution in [2.45, 2.75) is 31.8 Å². The highest BCUT2D eigenvalue weighted by atomic mass is 32.2. The summed E-state index contributed by atoms with van der Waals surface area (Å²) in [5.41, 5.74) is 0.918. The van der Waals surface area contributed by atoms with Crippen molar-refractivity contribution in [1.82, 2.24) is 33.0 Å². The van der Waals surface area contributed by atoms with Crippen LogP contribution in [0.5, 0.6) is 0 Å². The number of hydrogen-bond acceptors (Lipinski definition) is 11. The Balaban J connectivity index is 1.13. The van der Waals surface area contributed by atoms with E-state index in [1.807, 2.05) is 18.2 Å². The van der Waals surface area contributed by atoms with Crippen molar-refractivity contribution in [2.24, 2.45) is 0 Å². The molecule has 0 unspecified atom stereocenters. The smallest absolute Gasteiger partial charge is 0.255 e. The van der Waals surface area contributed by atoms with Crippen molar-refractivity contribution in [2.75, 3.05) is 43.6 Å². The van der Waals surface area contributed by atoms with Gasteiger partial charge in [-0.1, -0.05) is 30.3 Å². The van der Waals surface area contributed by atoms with E-state index in [0.717, 1.165) is 9.65 Å². The van der Waals surface area contributed by atoms with Gasteiger partial charge in [0.2, 0.25) is 16.0 Å². The molecule has 0 amide bonds. The first kappa shape index (κ1) is 29.8. The molecule has 0 aliphatic carbocycles. The molecule has 1 fully saturated rings. The van der Waals surface area contributed by atoms with Crippen LogP contribution in [0.3, 0.4) is 0 Å². The number of ether oxygens (including phenoxy) is 1. The summed E-state index contributed by atoms with van der Waals surface area (Å²) < 4.78 is 58.3. The van der Waals surface area contributed by atoms with E-state index < -0.39 is 20.0 Å². The lowest BCUT2D eigenvalue weighted by molar-refractivity contribution is 0.127. The number of anilines is 1. The van der Waals surface area contributed by atoms with Crippen LogP contribution < -0.4 is 10.9 Å². The van der Waals surface area contributed by atoms with Gasteiger partial charge in [0.25, 0.3) is 15.6 Å². The maximum absolute atomic E-state index is 12.7. The fourth-order valence-electron chi connectivity index (χ4n) is 4.67. The maximum Gasteiger partial charge on any atom is 0.255 e. The number of benzene rings is 1. The molecule has 0 atom stereocenters. The van der Waals surface area contributed by atoms with Gasteiger partial charge in [0, 0.05) is 49.0 Å². The minimum atomic E-state index is -3.70. The highest BCUT2D eigenvalue weighted by Crippen LogP contribution is 2.18. The lowest BCUT2D eigenvalue weighted by Crippen LogP contribution is -2.42. The molecule has 16 heteroatoms. The first-order chi connectivity index (χ1) is 20.1. The molecule has 1 saturated heterocycles. The highest BCUT2D eigenvalue weighted by Gasteiger charge is 2.25. The Morgan fingerprint density at radius 1 is 1.00 bits per heavy atom. The van der Waals surface area contributed by atoms with Crippen LogP contribution in [0.2, 0.25) is 0 Å². The molecule has 5 rings (SSSR count).